The smallest absolute Gasteiger partial charge is 0.0434 e. The second-order valence-electron chi connectivity index (χ2n) is 4.15. The van der Waals surface area contributed by atoms with Gasteiger partial charge in [-0.25, -0.2) is 0 Å². The Balaban J connectivity index is 2.42. The van der Waals surface area contributed by atoms with E-state index in [4.69, 9.17) is 16.7 Å². The molecule has 2 nitrogen and oxygen atoms in total. The summed E-state index contributed by atoms with van der Waals surface area (Å²) < 4.78 is 1.07. The van der Waals surface area contributed by atoms with E-state index in [1.165, 1.54) is 0 Å². The molecule has 0 saturated carbocycles. The Hall–Kier alpha value is -0.0900. The van der Waals surface area contributed by atoms with Gasteiger partial charge in [0.15, 0.2) is 0 Å². The lowest BCUT2D eigenvalue weighted by atomic mass is 10.0. The molecule has 0 aliphatic rings. The van der Waals surface area contributed by atoms with Gasteiger partial charge in [-0.2, -0.15) is 0 Å². The number of aliphatic hydroxyl groups is 1. The summed E-state index contributed by atoms with van der Waals surface area (Å²) in [6.07, 6.45) is 1.95. The van der Waals surface area contributed by atoms with Crippen LogP contribution in [-0.2, 0) is 6.54 Å². The Labute approximate surface area is 117 Å². The maximum absolute atomic E-state index is 8.91. The van der Waals surface area contributed by atoms with E-state index in [1.54, 1.807) is 0 Å². The molecule has 0 amide bonds. The highest BCUT2D eigenvalue weighted by atomic mass is 79.9. The van der Waals surface area contributed by atoms with Crippen LogP contribution < -0.4 is 5.32 Å². The predicted octanol–water partition coefficient (Wildman–Crippen LogP) is 3.60. The van der Waals surface area contributed by atoms with Gasteiger partial charge in [-0.05, 0) is 42.6 Å². The Morgan fingerprint density at radius 2 is 2.24 bits per heavy atom. The molecule has 1 rings (SSSR count). The molecule has 17 heavy (non-hydrogen) atoms. The van der Waals surface area contributed by atoms with Crippen molar-refractivity contribution in [2.75, 3.05) is 13.2 Å². The van der Waals surface area contributed by atoms with E-state index in [0.717, 1.165) is 41.0 Å². The van der Waals surface area contributed by atoms with Crippen molar-refractivity contribution < 1.29 is 5.11 Å². The summed E-state index contributed by atoms with van der Waals surface area (Å²) >= 11 is 9.46. The highest BCUT2D eigenvalue weighted by molar-refractivity contribution is 9.10. The average molecular weight is 321 g/mol. The zero-order valence-electron chi connectivity index (χ0n) is 10.0. The molecule has 0 aliphatic carbocycles. The lowest BCUT2D eigenvalue weighted by Crippen LogP contribution is -2.23. The van der Waals surface area contributed by atoms with Gasteiger partial charge in [0.05, 0.1) is 0 Å². The highest BCUT2D eigenvalue weighted by Crippen LogP contribution is 2.21. The Bertz CT molecular complexity index is 346. The SMILES string of the molecule is CCC(CCO)CNCc1cc(Cl)ccc1Br. The molecule has 0 bridgehead atoms. The molecule has 4 heteroatoms. The standard InChI is InChI=1S/C13H19BrClNO/c1-2-10(5-6-17)8-16-9-11-7-12(15)3-4-13(11)14/h3-4,7,10,16-17H,2,5-6,8-9H2,1H3. The first-order chi connectivity index (χ1) is 8.17. The first kappa shape index (κ1) is 15.0. The van der Waals surface area contributed by atoms with Crippen LogP contribution in [0, 0.1) is 5.92 Å². The molecular formula is C13H19BrClNO. The molecule has 1 aromatic rings. The molecule has 1 atom stereocenters. The summed E-state index contributed by atoms with van der Waals surface area (Å²) in [6, 6.07) is 5.80. The minimum Gasteiger partial charge on any atom is -0.396 e. The normalized spacial score (nSPS) is 12.7. The highest BCUT2D eigenvalue weighted by Gasteiger charge is 2.06. The number of hydrogen-bond acceptors (Lipinski definition) is 2. The van der Waals surface area contributed by atoms with Gasteiger partial charge in [0.2, 0.25) is 0 Å². The van der Waals surface area contributed by atoms with Gasteiger partial charge >= 0.3 is 0 Å². The van der Waals surface area contributed by atoms with Gasteiger partial charge in [-0.1, -0.05) is 40.9 Å². The molecular weight excluding hydrogens is 302 g/mol. The lowest BCUT2D eigenvalue weighted by molar-refractivity contribution is 0.251. The van der Waals surface area contributed by atoms with E-state index in [2.05, 4.69) is 28.2 Å². The van der Waals surface area contributed by atoms with Crippen LogP contribution in [0.1, 0.15) is 25.3 Å². The molecule has 0 radical (unpaired) electrons. The zero-order valence-corrected chi connectivity index (χ0v) is 12.4. The van der Waals surface area contributed by atoms with E-state index in [0.29, 0.717) is 5.92 Å². The molecule has 1 aromatic carbocycles. The quantitative estimate of drug-likeness (QED) is 0.804. The summed E-state index contributed by atoms with van der Waals surface area (Å²) in [6.45, 7) is 4.14. The van der Waals surface area contributed by atoms with Gasteiger partial charge < -0.3 is 10.4 Å². The van der Waals surface area contributed by atoms with Crippen molar-refractivity contribution in [1.29, 1.82) is 0 Å². The maximum Gasteiger partial charge on any atom is 0.0434 e. The third-order valence-corrected chi connectivity index (χ3v) is 3.88. The fourth-order valence-electron chi connectivity index (χ4n) is 1.72. The predicted molar refractivity (Wildman–Crippen MR) is 76.3 cm³/mol. The van der Waals surface area contributed by atoms with Crippen LogP contribution in [0.5, 0.6) is 0 Å². The Morgan fingerprint density at radius 3 is 2.88 bits per heavy atom. The second kappa shape index (κ2) is 8.09. The van der Waals surface area contributed by atoms with Crippen molar-refractivity contribution >= 4 is 27.5 Å². The van der Waals surface area contributed by atoms with Gasteiger partial charge in [0.25, 0.3) is 0 Å². The van der Waals surface area contributed by atoms with Crippen molar-refractivity contribution in [3.05, 3.63) is 33.3 Å². The van der Waals surface area contributed by atoms with E-state index < -0.39 is 0 Å². The average Bonchev–Trinajstić information content (AvgIpc) is 2.32. The number of benzene rings is 1. The molecule has 0 saturated heterocycles. The van der Waals surface area contributed by atoms with E-state index in [1.807, 2.05) is 18.2 Å². The summed E-state index contributed by atoms with van der Waals surface area (Å²) in [7, 11) is 0. The number of aliphatic hydroxyl groups excluding tert-OH is 1. The summed E-state index contributed by atoms with van der Waals surface area (Å²) in [5, 5.41) is 13.1. The minimum atomic E-state index is 0.265. The van der Waals surface area contributed by atoms with Crippen LogP contribution in [0.4, 0.5) is 0 Å². The van der Waals surface area contributed by atoms with Crippen LogP contribution >= 0.6 is 27.5 Å². The van der Waals surface area contributed by atoms with E-state index >= 15 is 0 Å². The lowest BCUT2D eigenvalue weighted by Gasteiger charge is -2.14. The maximum atomic E-state index is 8.91. The fraction of sp³-hybridized carbons (Fsp3) is 0.538. The van der Waals surface area contributed by atoms with Crippen LogP contribution in [0.25, 0.3) is 0 Å². The van der Waals surface area contributed by atoms with Crippen molar-refractivity contribution in [3.63, 3.8) is 0 Å². The first-order valence-corrected chi connectivity index (χ1v) is 7.10. The van der Waals surface area contributed by atoms with Gasteiger partial charge in [-0.3, -0.25) is 0 Å². The largest absolute Gasteiger partial charge is 0.396 e. The molecule has 0 aromatic heterocycles. The van der Waals surface area contributed by atoms with Gasteiger partial charge in [0, 0.05) is 22.6 Å². The molecule has 2 N–H and O–H groups in total. The third-order valence-electron chi connectivity index (χ3n) is 2.87. The van der Waals surface area contributed by atoms with Crippen LogP contribution in [0.15, 0.2) is 22.7 Å². The van der Waals surface area contributed by atoms with E-state index in [-0.39, 0.29) is 6.61 Å². The molecule has 0 aliphatic heterocycles. The zero-order chi connectivity index (χ0) is 12.7. The van der Waals surface area contributed by atoms with Crippen LogP contribution in [0.3, 0.4) is 0 Å². The van der Waals surface area contributed by atoms with Crippen molar-refractivity contribution in [3.8, 4) is 0 Å². The molecule has 0 spiro atoms. The summed E-state index contributed by atoms with van der Waals surface area (Å²) in [4.78, 5) is 0. The van der Waals surface area contributed by atoms with Crippen LogP contribution in [-0.4, -0.2) is 18.3 Å². The molecule has 96 valence electrons. The molecule has 0 heterocycles. The minimum absolute atomic E-state index is 0.265. The summed E-state index contributed by atoms with van der Waals surface area (Å²) in [5.41, 5.74) is 1.16. The number of hydrogen-bond donors (Lipinski definition) is 2. The number of rotatable bonds is 7. The number of halogens is 2. The van der Waals surface area contributed by atoms with Crippen LogP contribution in [0.2, 0.25) is 5.02 Å². The Morgan fingerprint density at radius 1 is 1.47 bits per heavy atom. The second-order valence-corrected chi connectivity index (χ2v) is 5.44. The number of nitrogens with one attached hydrogen (secondary N) is 1. The Kier molecular flexibility index (Phi) is 7.12. The fourth-order valence-corrected chi connectivity index (χ4v) is 2.30. The first-order valence-electron chi connectivity index (χ1n) is 5.92. The van der Waals surface area contributed by atoms with Gasteiger partial charge in [-0.15, -0.1) is 0 Å². The van der Waals surface area contributed by atoms with Crippen molar-refractivity contribution in [2.24, 2.45) is 5.92 Å². The summed E-state index contributed by atoms with van der Waals surface area (Å²) in [5.74, 6) is 0.540. The van der Waals surface area contributed by atoms with Gasteiger partial charge in [0.1, 0.15) is 0 Å². The van der Waals surface area contributed by atoms with E-state index in [9.17, 15) is 0 Å². The van der Waals surface area contributed by atoms with Crippen molar-refractivity contribution in [2.45, 2.75) is 26.3 Å². The third kappa shape index (κ3) is 5.38. The topological polar surface area (TPSA) is 32.3 Å². The monoisotopic (exact) mass is 319 g/mol. The van der Waals surface area contributed by atoms with Crippen molar-refractivity contribution in [1.82, 2.24) is 5.32 Å². The molecule has 0 fully saturated rings. The molecule has 1 unspecified atom stereocenters.